The van der Waals surface area contributed by atoms with E-state index in [0.29, 0.717) is 19.6 Å². The molecule has 4 heteroatoms. The second-order valence-electron chi connectivity index (χ2n) is 2.46. The van der Waals surface area contributed by atoms with E-state index in [1.807, 2.05) is 4.90 Å². The van der Waals surface area contributed by atoms with Crippen molar-refractivity contribution in [3.63, 3.8) is 0 Å². The molecule has 0 aliphatic heterocycles. The highest BCUT2D eigenvalue weighted by atomic mass is 16.4. The highest BCUT2D eigenvalue weighted by Gasteiger charge is 2.04. The summed E-state index contributed by atoms with van der Waals surface area (Å²) in [6.45, 7) is 5.17. The van der Waals surface area contributed by atoms with E-state index < -0.39 is 5.97 Å². The van der Waals surface area contributed by atoms with Crippen LogP contribution in [0, 0.1) is 0 Å². The monoisotopic (exact) mass is 173 g/mol. The average molecular weight is 173 g/mol. The molecule has 0 atom stereocenters. The normalized spacial score (nSPS) is 10.2. The van der Waals surface area contributed by atoms with E-state index >= 15 is 0 Å². The Bertz CT molecular complexity index is 147. The van der Waals surface area contributed by atoms with Crippen molar-refractivity contribution in [2.75, 3.05) is 26.2 Å². The summed E-state index contributed by atoms with van der Waals surface area (Å²) in [6.07, 6.45) is 1.80. The number of hydrogen-bond donors (Lipinski definition) is 2. The van der Waals surface area contributed by atoms with Crippen LogP contribution in [0.3, 0.4) is 0 Å². The van der Waals surface area contributed by atoms with Crippen molar-refractivity contribution < 1.29 is 15.0 Å². The van der Waals surface area contributed by atoms with Gasteiger partial charge < -0.3 is 10.2 Å². The lowest BCUT2D eigenvalue weighted by molar-refractivity contribution is -0.137. The Morgan fingerprint density at radius 3 is 2.58 bits per heavy atom. The largest absolute Gasteiger partial charge is 0.481 e. The first-order valence-corrected chi connectivity index (χ1v) is 3.86. The maximum absolute atomic E-state index is 10.2. The van der Waals surface area contributed by atoms with Gasteiger partial charge in [-0.15, -0.1) is 6.58 Å². The highest BCUT2D eigenvalue weighted by molar-refractivity contribution is 5.66. The Morgan fingerprint density at radius 1 is 1.50 bits per heavy atom. The minimum atomic E-state index is -0.818. The number of carbonyl (C=O) groups is 1. The van der Waals surface area contributed by atoms with Crippen LogP contribution >= 0.6 is 0 Å². The first-order chi connectivity index (χ1) is 5.70. The molecule has 0 fully saturated rings. The lowest BCUT2D eigenvalue weighted by atomic mass is 10.3. The van der Waals surface area contributed by atoms with Crippen molar-refractivity contribution in [1.82, 2.24) is 4.90 Å². The lowest BCUT2D eigenvalue weighted by Crippen LogP contribution is -2.29. The fourth-order valence-electron chi connectivity index (χ4n) is 0.872. The van der Waals surface area contributed by atoms with Gasteiger partial charge in [-0.05, 0) is 0 Å². The molecule has 0 aromatic heterocycles. The molecular weight excluding hydrogens is 158 g/mol. The predicted octanol–water partition coefficient (Wildman–Crippen LogP) is -0.0586. The molecule has 2 N–H and O–H groups in total. The van der Waals surface area contributed by atoms with Crippen LogP contribution in [0.5, 0.6) is 0 Å². The molecule has 0 aromatic carbocycles. The standard InChI is InChI=1S/C8H15NO3/c1-2-4-9(6-7-10)5-3-8(11)12/h2,10H,1,3-7H2,(H,11,12). The van der Waals surface area contributed by atoms with Crippen LogP contribution in [-0.4, -0.2) is 47.3 Å². The molecule has 0 aliphatic carbocycles. The number of aliphatic hydroxyl groups excluding tert-OH is 1. The summed E-state index contributed by atoms with van der Waals surface area (Å²) in [5, 5.41) is 17.0. The van der Waals surface area contributed by atoms with Crippen LogP contribution in [-0.2, 0) is 4.79 Å². The summed E-state index contributed by atoms with van der Waals surface area (Å²) in [5.41, 5.74) is 0. The zero-order valence-electron chi connectivity index (χ0n) is 7.07. The summed E-state index contributed by atoms with van der Waals surface area (Å²) >= 11 is 0. The second kappa shape index (κ2) is 6.82. The van der Waals surface area contributed by atoms with Crippen molar-refractivity contribution in [3.8, 4) is 0 Å². The van der Waals surface area contributed by atoms with Crippen molar-refractivity contribution in [3.05, 3.63) is 12.7 Å². The minimum Gasteiger partial charge on any atom is -0.481 e. The van der Waals surface area contributed by atoms with E-state index in [1.165, 1.54) is 0 Å². The first-order valence-electron chi connectivity index (χ1n) is 3.86. The van der Waals surface area contributed by atoms with Crippen LogP contribution < -0.4 is 0 Å². The smallest absolute Gasteiger partial charge is 0.304 e. The van der Waals surface area contributed by atoms with Crippen molar-refractivity contribution in [2.24, 2.45) is 0 Å². The van der Waals surface area contributed by atoms with Crippen LogP contribution in [0.2, 0.25) is 0 Å². The van der Waals surface area contributed by atoms with Gasteiger partial charge >= 0.3 is 5.97 Å². The summed E-state index contributed by atoms with van der Waals surface area (Å²) in [7, 11) is 0. The van der Waals surface area contributed by atoms with Crippen LogP contribution in [0.1, 0.15) is 6.42 Å². The van der Waals surface area contributed by atoms with Gasteiger partial charge in [-0.2, -0.15) is 0 Å². The molecule has 0 unspecified atom stereocenters. The van der Waals surface area contributed by atoms with Gasteiger partial charge in [0.25, 0.3) is 0 Å². The molecule has 0 spiro atoms. The SMILES string of the molecule is C=CCN(CCO)CCC(=O)O. The van der Waals surface area contributed by atoms with E-state index in [1.54, 1.807) is 6.08 Å². The van der Waals surface area contributed by atoms with Gasteiger partial charge in [0.1, 0.15) is 0 Å². The molecule has 4 nitrogen and oxygen atoms in total. The third-order valence-electron chi connectivity index (χ3n) is 1.45. The molecule has 0 radical (unpaired) electrons. The number of carboxylic acids is 1. The van der Waals surface area contributed by atoms with E-state index in [4.69, 9.17) is 10.2 Å². The quantitative estimate of drug-likeness (QED) is 0.529. The second-order valence-corrected chi connectivity index (χ2v) is 2.46. The van der Waals surface area contributed by atoms with Crippen LogP contribution in [0.25, 0.3) is 0 Å². The third-order valence-corrected chi connectivity index (χ3v) is 1.45. The molecule has 0 rings (SSSR count). The van der Waals surface area contributed by atoms with Gasteiger partial charge in [-0.1, -0.05) is 6.08 Å². The Hall–Kier alpha value is -0.870. The molecule has 0 heterocycles. The molecule has 70 valence electrons. The van der Waals surface area contributed by atoms with Gasteiger partial charge in [0, 0.05) is 19.6 Å². The van der Waals surface area contributed by atoms with Gasteiger partial charge in [-0.25, -0.2) is 0 Å². The van der Waals surface area contributed by atoms with E-state index in [0.717, 1.165) is 0 Å². The third kappa shape index (κ3) is 5.88. The number of nitrogens with zero attached hydrogens (tertiary/aromatic N) is 1. The molecule has 12 heavy (non-hydrogen) atoms. The van der Waals surface area contributed by atoms with E-state index in [2.05, 4.69) is 6.58 Å². The Balaban J connectivity index is 3.61. The Labute approximate surface area is 72.1 Å². The topological polar surface area (TPSA) is 60.8 Å². The molecule has 0 aliphatic rings. The summed E-state index contributed by atoms with van der Waals surface area (Å²) in [5.74, 6) is -0.818. The fraction of sp³-hybridized carbons (Fsp3) is 0.625. The summed E-state index contributed by atoms with van der Waals surface area (Å²) in [4.78, 5) is 12.0. The van der Waals surface area contributed by atoms with E-state index in [9.17, 15) is 4.79 Å². The summed E-state index contributed by atoms with van der Waals surface area (Å²) < 4.78 is 0. The zero-order chi connectivity index (χ0) is 9.40. The first kappa shape index (κ1) is 11.1. The maximum Gasteiger partial charge on any atom is 0.304 e. The minimum absolute atomic E-state index is 0.0491. The fourth-order valence-corrected chi connectivity index (χ4v) is 0.872. The molecule has 0 saturated heterocycles. The van der Waals surface area contributed by atoms with Gasteiger partial charge in [0.2, 0.25) is 0 Å². The Kier molecular flexibility index (Phi) is 6.32. The van der Waals surface area contributed by atoms with Gasteiger partial charge in [0.15, 0.2) is 0 Å². The molecular formula is C8H15NO3. The highest BCUT2D eigenvalue weighted by Crippen LogP contribution is 1.91. The van der Waals surface area contributed by atoms with Crippen molar-refractivity contribution >= 4 is 5.97 Å². The van der Waals surface area contributed by atoms with E-state index in [-0.39, 0.29) is 13.0 Å². The number of hydrogen-bond acceptors (Lipinski definition) is 3. The zero-order valence-corrected chi connectivity index (χ0v) is 7.07. The number of aliphatic hydroxyl groups is 1. The lowest BCUT2D eigenvalue weighted by Gasteiger charge is -2.17. The van der Waals surface area contributed by atoms with Gasteiger partial charge in [0.05, 0.1) is 13.0 Å². The van der Waals surface area contributed by atoms with Crippen LogP contribution in [0.15, 0.2) is 12.7 Å². The molecule has 0 aromatic rings. The Morgan fingerprint density at radius 2 is 2.17 bits per heavy atom. The summed E-state index contributed by atoms with van der Waals surface area (Å²) in [6, 6.07) is 0. The predicted molar refractivity (Wildman–Crippen MR) is 46.0 cm³/mol. The molecule has 0 amide bonds. The number of aliphatic carboxylic acids is 1. The molecule has 0 bridgehead atoms. The average Bonchev–Trinajstić information content (AvgIpc) is 2.01. The van der Waals surface area contributed by atoms with Gasteiger partial charge in [-0.3, -0.25) is 9.69 Å². The molecule has 0 saturated carbocycles. The van der Waals surface area contributed by atoms with Crippen LogP contribution in [0.4, 0.5) is 0 Å². The maximum atomic E-state index is 10.2. The number of rotatable bonds is 7. The van der Waals surface area contributed by atoms with Crippen molar-refractivity contribution in [2.45, 2.75) is 6.42 Å². The van der Waals surface area contributed by atoms with Crippen molar-refractivity contribution in [1.29, 1.82) is 0 Å². The number of carboxylic acid groups (broad SMARTS) is 1.